The van der Waals surface area contributed by atoms with Crippen molar-refractivity contribution < 1.29 is 9.47 Å². The zero-order chi connectivity index (χ0) is 13.1. The second kappa shape index (κ2) is 6.08. The van der Waals surface area contributed by atoms with Crippen LogP contribution in [0, 0.1) is 0 Å². The minimum atomic E-state index is -0.206. The molecule has 2 heterocycles. The van der Waals surface area contributed by atoms with E-state index in [1.54, 1.807) is 0 Å². The summed E-state index contributed by atoms with van der Waals surface area (Å²) in [5.41, 5.74) is 0. The van der Waals surface area contributed by atoms with Gasteiger partial charge in [-0.25, -0.2) is 0 Å². The van der Waals surface area contributed by atoms with Gasteiger partial charge in [0.2, 0.25) is 0 Å². The first-order valence-electron chi connectivity index (χ1n) is 8.00. The third-order valence-electron chi connectivity index (χ3n) is 5.23. The first-order valence-corrected chi connectivity index (χ1v) is 8.00. The predicted molar refractivity (Wildman–Crippen MR) is 75.2 cm³/mol. The summed E-state index contributed by atoms with van der Waals surface area (Å²) in [5, 5.41) is 3.51. The monoisotopic (exact) mass is 268 g/mol. The third-order valence-corrected chi connectivity index (χ3v) is 5.23. The van der Waals surface area contributed by atoms with Crippen LogP contribution in [0.2, 0.25) is 0 Å². The minimum absolute atomic E-state index is 0.206. The summed E-state index contributed by atoms with van der Waals surface area (Å²) in [4.78, 5) is 2.65. The number of rotatable bonds is 2. The van der Waals surface area contributed by atoms with Gasteiger partial charge in [-0.15, -0.1) is 0 Å². The Morgan fingerprint density at radius 2 is 1.63 bits per heavy atom. The fraction of sp³-hybridized carbons (Fsp3) is 1.00. The van der Waals surface area contributed by atoms with Crippen LogP contribution in [0.1, 0.15) is 44.9 Å². The molecule has 1 aliphatic carbocycles. The van der Waals surface area contributed by atoms with Crippen LogP contribution in [0.3, 0.4) is 0 Å². The molecule has 1 spiro atoms. The van der Waals surface area contributed by atoms with E-state index in [1.807, 2.05) is 0 Å². The molecule has 2 saturated heterocycles. The van der Waals surface area contributed by atoms with Crippen LogP contribution in [-0.2, 0) is 9.47 Å². The summed E-state index contributed by atoms with van der Waals surface area (Å²) >= 11 is 0. The average molecular weight is 268 g/mol. The lowest BCUT2D eigenvalue weighted by Gasteiger charge is -2.41. The molecular weight excluding hydrogens is 240 g/mol. The van der Waals surface area contributed by atoms with Crippen molar-refractivity contribution in [3.63, 3.8) is 0 Å². The Hall–Kier alpha value is -0.160. The van der Waals surface area contributed by atoms with Gasteiger partial charge in [0, 0.05) is 24.9 Å². The Kier molecular flexibility index (Phi) is 4.42. The van der Waals surface area contributed by atoms with Crippen LogP contribution < -0.4 is 5.32 Å². The van der Waals surface area contributed by atoms with Crippen LogP contribution in [0.25, 0.3) is 0 Å². The highest BCUT2D eigenvalue weighted by molar-refractivity contribution is 4.88. The second-order valence-electron chi connectivity index (χ2n) is 6.34. The van der Waals surface area contributed by atoms with E-state index in [0.717, 1.165) is 38.1 Å². The Morgan fingerprint density at radius 3 is 2.37 bits per heavy atom. The predicted octanol–water partition coefficient (Wildman–Crippen LogP) is 1.75. The summed E-state index contributed by atoms with van der Waals surface area (Å²) < 4.78 is 11.6. The van der Waals surface area contributed by atoms with Gasteiger partial charge in [-0.05, 0) is 52.2 Å². The normalized spacial score (nSPS) is 32.8. The molecule has 2 aliphatic heterocycles. The van der Waals surface area contributed by atoms with Crippen LogP contribution in [0.15, 0.2) is 0 Å². The summed E-state index contributed by atoms with van der Waals surface area (Å²) in [5.74, 6) is -0.206. The number of hydrogen-bond donors (Lipinski definition) is 1. The molecule has 4 heteroatoms. The lowest BCUT2D eigenvalue weighted by Crippen LogP contribution is -2.46. The van der Waals surface area contributed by atoms with Crippen molar-refractivity contribution in [2.75, 3.05) is 33.4 Å². The van der Waals surface area contributed by atoms with Crippen molar-refractivity contribution >= 4 is 0 Å². The van der Waals surface area contributed by atoms with Gasteiger partial charge in [0.05, 0.1) is 13.2 Å². The van der Waals surface area contributed by atoms with E-state index >= 15 is 0 Å². The number of hydrogen-bond acceptors (Lipinski definition) is 4. The van der Waals surface area contributed by atoms with Crippen molar-refractivity contribution in [1.29, 1.82) is 0 Å². The lowest BCUT2D eigenvalue weighted by atomic mass is 9.88. The number of nitrogens with zero attached hydrogens (tertiary/aromatic N) is 1. The topological polar surface area (TPSA) is 33.7 Å². The van der Waals surface area contributed by atoms with E-state index in [9.17, 15) is 0 Å². The highest BCUT2D eigenvalue weighted by atomic mass is 16.7. The van der Waals surface area contributed by atoms with Gasteiger partial charge in [-0.1, -0.05) is 0 Å². The fourth-order valence-corrected chi connectivity index (χ4v) is 3.94. The van der Waals surface area contributed by atoms with E-state index < -0.39 is 0 Å². The molecule has 0 amide bonds. The summed E-state index contributed by atoms with van der Waals surface area (Å²) in [6, 6.07) is 1.49. The van der Waals surface area contributed by atoms with Gasteiger partial charge in [-0.2, -0.15) is 0 Å². The third kappa shape index (κ3) is 3.13. The Balaban J connectivity index is 1.52. The molecule has 0 bridgehead atoms. The van der Waals surface area contributed by atoms with Crippen LogP contribution in [-0.4, -0.2) is 56.1 Å². The van der Waals surface area contributed by atoms with Crippen molar-refractivity contribution in [2.24, 2.45) is 0 Å². The van der Waals surface area contributed by atoms with Gasteiger partial charge in [0.25, 0.3) is 0 Å². The fourth-order valence-electron chi connectivity index (χ4n) is 3.94. The molecule has 1 unspecified atom stereocenters. The zero-order valence-corrected chi connectivity index (χ0v) is 12.2. The van der Waals surface area contributed by atoms with Crippen LogP contribution >= 0.6 is 0 Å². The first kappa shape index (κ1) is 13.8. The Bertz CT molecular complexity index is 274. The molecule has 0 aromatic carbocycles. The molecule has 1 N–H and O–H groups in total. The SMILES string of the molecule is CN(C1CCCNCC1)C1CCC2(CC1)OCCO2. The maximum absolute atomic E-state index is 5.82. The second-order valence-corrected chi connectivity index (χ2v) is 6.34. The largest absolute Gasteiger partial charge is 0.348 e. The maximum atomic E-state index is 5.82. The molecule has 19 heavy (non-hydrogen) atoms. The number of nitrogens with one attached hydrogen (secondary N) is 1. The minimum Gasteiger partial charge on any atom is -0.348 e. The zero-order valence-electron chi connectivity index (χ0n) is 12.2. The van der Waals surface area contributed by atoms with Crippen LogP contribution in [0.4, 0.5) is 0 Å². The van der Waals surface area contributed by atoms with E-state index in [-0.39, 0.29) is 5.79 Å². The molecule has 1 saturated carbocycles. The van der Waals surface area contributed by atoms with Crippen LogP contribution in [0.5, 0.6) is 0 Å². The molecule has 3 fully saturated rings. The lowest BCUT2D eigenvalue weighted by molar-refractivity contribution is -0.184. The number of ether oxygens (including phenoxy) is 2. The van der Waals surface area contributed by atoms with Gasteiger partial charge in [0.15, 0.2) is 5.79 Å². The molecule has 1 atom stereocenters. The smallest absolute Gasteiger partial charge is 0.168 e. The van der Waals surface area contributed by atoms with E-state index in [1.165, 1.54) is 45.2 Å². The molecule has 0 aromatic rings. The quantitative estimate of drug-likeness (QED) is 0.827. The van der Waals surface area contributed by atoms with Gasteiger partial charge < -0.3 is 19.7 Å². The molecule has 4 nitrogen and oxygen atoms in total. The van der Waals surface area contributed by atoms with E-state index in [2.05, 4.69) is 17.3 Å². The molecule has 0 aromatic heterocycles. The van der Waals surface area contributed by atoms with E-state index in [0.29, 0.717) is 0 Å². The summed E-state index contributed by atoms with van der Waals surface area (Å²) in [6.07, 6.45) is 8.56. The van der Waals surface area contributed by atoms with E-state index in [4.69, 9.17) is 9.47 Å². The maximum Gasteiger partial charge on any atom is 0.168 e. The summed E-state index contributed by atoms with van der Waals surface area (Å²) in [7, 11) is 2.33. The molecule has 3 aliphatic rings. The van der Waals surface area contributed by atoms with Crippen molar-refractivity contribution in [1.82, 2.24) is 10.2 Å². The van der Waals surface area contributed by atoms with Gasteiger partial charge in [0.1, 0.15) is 0 Å². The Morgan fingerprint density at radius 1 is 0.947 bits per heavy atom. The Labute approximate surface area is 116 Å². The van der Waals surface area contributed by atoms with Crippen molar-refractivity contribution in [3.05, 3.63) is 0 Å². The molecule has 0 radical (unpaired) electrons. The highest BCUT2D eigenvalue weighted by Gasteiger charge is 2.41. The summed E-state index contributed by atoms with van der Waals surface area (Å²) in [6.45, 7) is 3.95. The molecule has 110 valence electrons. The average Bonchev–Trinajstić information content (AvgIpc) is 2.73. The highest BCUT2D eigenvalue weighted by Crippen LogP contribution is 2.37. The van der Waals surface area contributed by atoms with Gasteiger partial charge >= 0.3 is 0 Å². The standard InChI is InChI=1S/C15H28N2O2/c1-17(13-3-2-9-16-10-6-13)14-4-7-15(8-5-14)18-11-12-19-15/h13-14,16H,2-12H2,1H3. The first-order chi connectivity index (χ1) is 9.29. The molecular formula is C15H28N2O2. The van der Waals surface area contributed by atoms with Crippen molar-refractivity contribution in [2.45, 2.75) is 62.8 Å². The molecule has 3 rings (SSSR count). The van der Waals surface area contributed by atoms with Crippen molar-refractivity contribution in [3.8, 4) is 0 Å². The van der Waals surface area contributed by atoms with Gasteiger partial charge in [-0.3, -0.25) is 0 Å².